The first-order chi connectivity index (χ1) is 61.2. The third-order valence-electron chi connectivity index (χ3n) is 23.6. The molecule has 0 bridgehead atoms. The van der Waals surface area contributed by atoms with Crippen molar-refractivity contribution in [3.8, 4) is 49.6 Å². The molecule has 12 aromatic rings. The van der Waals surface area contributed by atoms with Gasteiger partial charge in [0.05, 0.1) is 115 Å². The molecule has 6 N–H and O–H groups in total. The number of aromatic amines is 1. The average Bonchev–Trinajstić information content (AvgIpc) is 1.60. The van der Waals surface area contributed by atoms with E-state index in [4.69, 9.17) is 41.7 Å². The lowest BCUT2D eigenvalue weighted by molar-refractivity contribution is -0.125. The number of H-pyrrole nitrogens is 1. The van der Waals surface area contributed by atoms with E-state index in [1.807, 2.05) is 0 Å². The zero-order valence-electron chi connectivity index (χ0n) is 69.8. The van der Waals surface area contributed by atoms with E-state index in [1.165, 1.54) is 156 Å². The Labute approximate surface area is 731 Å². The first kappa shape index (κ1) is 89.8. The molecule has 6 atom stereocenters. The Bertz CT molecular complexity index is 6480. The highest BCUT2D eigenvalue weighted by molar-refractivity contribution is 7.22. The first-order valence-corrected chi connectivity index (χ1v) is 43.9. The van der Waals surface area contributed by atoms with Crippen molar-refractivity contribution < 1.29 is 89.0 Å². The number of benzene rings is 3. The van der Waals surface area contributed by atoms with Gasteiger partial charge in [-0.05, 0) is 163 Å². The Balaban J connectivity index is 0.000000137. The number of methoxy groups -OCH3 is 3. The number of hydrogen-bond acceptors (Lipinski definition) is 28. The molecule has 0 unspecified atom stereocenters. The number of ether oxygens (including phenoxy) is 6. The highest BCUT2D eigenvalue weighted by atomic mass is 32.1. The molecule has 127 heavy (non-hydrogen) atoms. The minimum atomic E-state index is -0.974. The summed E-state index contributed by atoms with van der Waals surface area (Å²) >= 11 is 3.59. The summed E-state index contributed by atoms with van der Waals surface area (Å²) in [5, 5.41) is 28.5. The molecule has 12 heterocycles. The van der Waals surface area contributed by atoms with Gasteiger partial charge < -0.3 is 67.8 Å². The number of rotatable bonds is 23. The Hall–Kier alpha value is -12.1. The molecule has 3 amide bonds. The average molecular weight is 1810 g/mol. The number of amides is 3. The molecule has 9 aromatic heterocycles. The van der Waals surface area contributed by atoms with Crippen LogP contribution in [0.1, 0.15) is 166 Å². The lowest BCUT2D eigenvalue weighted by Gasteiger charge is -2.31. The number of fused-ring (bicyclic) bond motifs is 3. The monoisotopic (exact) mass is 1810 g/mol. The summed E-state index contributed by atoms with van der Waals surface area (Å²) < 4.78 is 99.9. The van der Waals surface area contributed by atoms with Crippen LogP contribution in [-0.4, -0.2) is 154 Å². The van der Waals surface area contributed by atoms with Gasteiger partial charge in [-0.25, -0.2) is 56.2 Å². The molecule has 3 aromatic carbocycles. The topological polar surface area (TPSA) is 438 Å². The maximum absolute atomic E-state index is 14.6. The zero-order valence-corrected chi connectivity index (χ0v) is 72.2. The number of ketones is 2. The highest BCUT2D eigenvalue weighted by Gasteiger charge is 2.39. The van der Waals surface area contributed by atoms with Crippen LogP contribution in [-0.2, 0) is 51.3 Å². The van der Waals surface area contributed by atoms with Crippen molar-refractivity contribution in [1.82, 2.24) is 58.7 Å². The zero-order chi connectivity index (χ0) is 89.8. The van der Waals surface area contributed by atoms with Crippen molar-refractivity contribution in [2.45, 2.75) is 191 Å². The van der Waals surface area contributed by atoms with Gasteiger partial charge in [0, 0.05) is 62.0 Å². The lowest BCUT2D eigenvalue weighted by Crippen LogP contribution is -2.44. The Morgan fingerprint density at radius 2 is 0.803 bits per heavy atom. The second kappa shape index (κ2) is 39.0. The van der Waals surface area contributed by atoms with Gasteiger partial charge in [-0.1, -0.05) is 0 Å². The predicted molar refractivity (Wildman–Crippen MR) is 458 cm³/mol. The molecule has 18 rings (SSSR count). The molecule has 6 aliphatic rings. The molecule has 40 heteroatoms. The fourth-order valence-electron chi connectivity index (χ4n) is 17.0. The van der Waals surface area contributed by atoms with Gasteiger partial charge >= 0.3 is 17.1 Å². The number of nitrogens with zero attached hydrogens (tertiary/aromatic N) is 8. The summed E-state index contributed by atoms with van der Waals surface area (Å²) in [7, 11) is 4.42. The van der Waals surface area contributed by atoms with Crippen LogP contribution < -0.4 is 63.9 Å². The predicted octanol–water partition coefficient (Wildman–Crippen LogP) is 10.3. The van der Waals surface area contributed by atoms with Crippen molar-refractivity contribution in [1.29, 1.82) is 0 Å². The molecule has 34 nitrogen and oxygen atoms in total. The smallest absolute Gasteiger partial charge is 0.332 e. The van der Waals surface area contributed by atoms with E-state index in [1.54, 1.807) is 20.8 Å². The number of hydrogen-bond donors (Lipinski definition) is 6. The SMILES string of the molecule is COc1ccc(F)cc1[C@H](CO)OC1CCC(=O)CC1.COc1ccc(F)cc1[C@H](Cn1c(=O)n([C@H]2CCNC2=O)c(=O)c2c(C)c(-c3ncco3)sc21)OC1CCC(=O)CC1.COc1ccc(F)cc1[C@H](Cn1c(=O)n([C@H]2CCNC2=O)c(=O)c2c(C)c(-c3ncco3)sc21)OC1CCC(O)CC1.Cc1c(-c2ncco2)sc2[nH]c(=O)n([C@H]3CCNC3=O)c(=O)c12. The number of aryl methyl sites for hydroxylation is 3. The van der Waals surface area contributed by atoms with Crippen LogP contribution in [0.25, 0.3) is 63.0 Å². The van der Waals surface area contributed by atoms with Crippen LogP contribution in [0.15, 0.2) is 134 Å². The molecule has 6 fully saturated rings. The second-order valence-electron chi connectivity index (χ2n) is 31.4. The van der Waals surface area contributed by atoms with Gasteiger partial charge in [-0.3, -0.25) is 52.5 Å². The molecule has 3 aliphatic carbocycles. The first-order valence-electron chi connectivity index (χ1n) is 41.4. The minimum absolute atomic E-state index is 0.0853. The summed E-state index contributed by atoms with van der Waals surface area (Å²) in [6.07, 6.45) is 12.7. The molecule has 3 saturated heterocycles. The van der Waals surface area contributed by atoms with E-state index in [9.17, 15) is 76.1 Å². The fraction of sp³-hybridized carbons (Fsp3) is 0.425. The van der Waals surface area contributed by atoms with Crippen molar-refractivity contribution in [2.24, 2.45) is 0 Å². The summed E-state index contributed by atoms with van der Waals surface area (Å²) in [5.74, 6) is 0.0947. The van der Waals surface area contributed by atoms with E-state index in [-0.39, 0.29) is 79.1 Å². The van der Waals surface area contributed by atoms with Crippen LogP contribution in [0.2, 0.25) is 0 Å². The number of aromatic nitrogens is 9. The van der Waals surface area contributed by atoms with E-state index >= 15 is 0 Å². The van der Waals surface area contributed by atoms with E-state index in [0.717, 1.165) is 13.7 Å². The minimum Gasteiger partial charge on any atom is -0.496 e. The maximum Gasteiger partial charge on any atom is 0.332 e. The number of carbonyl (C=O) groups is 5. The van der Waals surface area contributed by atoms with Crippen molar-refractivity contribution in [2.75, 3.05) is 47.6 Å². The third-order valence-corrected chi connectivity index (χ3v) is 27.4. The maximum atomic E-state index is 14.6. The summed E-state index contributed by atoms with van der Waals surface area (Å²) in [6.45, 7) is 5.95. The van der Waals surface area contributed by atoms with E-state index in [2.05, 4.69) is 35.9 Å². The molecule has 3 saturated carbocycles. The Morgan fingerprint density at radius 3 is 1.16 bits per heavy atom. The van der Waals surface area contributed by atoms with Crippen LogP contribution in [0.3, 0.4) is 0 Å². The van der Waals surface area contributed by atoms with Crippen molar-refractivity contribution >= 4 is 93.9 Å². The largest absolute Gasteiger partial charge is 0.496 e. The van der Waals surface area contributed by atoms with E-state index < -0.39 is 106 Å². The molecular weight excluding hydrogens is 1720 g/mol. The second-order valence-corrected chi connectivity index (χ2v) is 34.4. The van der Waals surface area contributed by atoms with E-state index in [0.29, 0.717) is 206 Å². The number of carbonyl (C=O) groups excluding carboxylic acids is 5. The number of halogens is 3. The van der Waals surface area contributed by atoms with Gasteiger partial charge in [0.2, 0.25) is 35.4 Å². The van der Waals surface area contributed by atoms with Gasteiger partial charge in [-0.15, -0.1) is 34.0 Å². The van der Waals surface area contributed by atoms with Crippen LogP contribution in [0, 0.1) is 38.2 Å². The van der Waals surface area contributed by atoms with Crippen molar-refractivity contribution in [3.63, 3.8) is 0 Å². The van der Waals surface area contributed by atoms with Crippen LogP contribution in [0.4, 0.5) is 13.2 Å². The number of nitrogens with one attached hydrogen (secondary N) is 4. The van der Waals surface area contributed by atoms with Gasteiger partial charge in [-0.2, -0.15) is 0 Å². The number of aliphatic hydroxyl groups is 2. The molecule has 0 spiro atoms. The molecular formula is C87H91F3N12O22S3. The molecule has 670 valence electrons. The Kier molecular flexibility index (Phi) is 27.6. The summed E-state index contributed by atoms with van der Waals surface area (Å²) in [4.78, 5) is 160. The Morgan fingerprint density at radius 1 is 0.457 bits per heavy atom. The number of Topliss-reactive ketones (excluding diaryl/α,β-unsaturated/α-hetero) is 2. The summed E-state index contributed by atoms with van der Waals surface area (Å²) in [6, 6.07) is 9.60. The normalized spacial score (nSPS) is 19.3. The van der Waals surface area contributed by atoms with Gasteiger partial charge in [0.15, 0.2) is 0 Å². The molecule has 3 aliphatic heterocycles. The number of aliphatic hydroxyl groups excluding tert-OH is 2. The number of thiophene rings is 3. The van der Waals surface area contributed by atoms with Crippen LogP contribution >= 0.6 is 34.0 Å². The quantitative estimate of drug-likeness (QED) is 0.0346. The van der Waals surface area contributed by atoms with Gasteiger partial charge in [0.25, 0.3) is 16.7 Å². The van der Waals surface area contributed by atoms with Crippen molar-refractivity contribution in [3.05, 3.63) is 205 Å². The van der Waals surface area contributed by atoms with Gasteiger partial charge in [0.1, 0.15) is 116 Å². The standard InChI is InChI=1S/C29H31FN4O7S.C29H29FN4O7S.C15H19FO4.C14H12N4O4S/c2*1-15-23-27(37)34(20-9-10-31-25(20)36)29(38)33(28(23)42-24(15)26-32-11-12-40-26)14-22(41-18-6-4-17(35)5-7-18)19-13-16(30)3-8-21(19)39-2;1-19-14-7-2-10(16)8-13(14)15(9-17)20-12-5-3-11(18)4-6-12;1-6-8-12(23-9(6)11-16-4-5-22-11)17-14(21)18(13(8)20)7-2-3-15-10(7)19/h3,8,11-13,17-18,20,22,35H,4-7,9-10,14H2,1-2H3,(H,31,36);3,8,11-13,18,20,22H,4-7,9-10,14H2,1-2H3,(H,31,36);2,7-8,12,15,17H,3-6,9H2,1H3;4-5,7H,2-3H2,1H3,(H,15,19)(H,17,21)/t17?,18?,20-,22-;20-,22-;15-;7-/m0000/s1. The summed E-state index contributed by atoms with van der Waals surface area (Å²) in [5.41, 5.74) is -0.438. The van der Waals surface area contributed by atoms with Crippen LogP contribution in [0.5, 0.6) is 17.2 Å². The lowest BCUT2D eigenvalue weighted by atomic mass is 9.94. The third kappa shape index (κ3) is 18.8. The number of oxazole rings is 3. The highest BCUT2D eigenvalue weighted by Crippen LogP contribution is 2.43. The molecule has 0 radical (unpaired) electrons. The fourth-order valence-corrected chi connectivity index (χ4v) is 20.6.